The molecule has 0 fully saturated rings. The van der Waals surface area contributed by atoms with Gasteiger partial charge in [-0.05, 0) is 17.5 Å². The second-order valence-electron chi connectivity index (χ2n) is 5.78. The average molecular weight is 406 g/mol. The van der Waals surface area contributed by atoms with E-state index in [0.29, 0.717) is 4.47 Å². The highest BCUT2D eigenvalue weighted by atomic mass is 79.9. The Morgan fingerprint density at radius 1 is 1.33 bits per heavy atom. The van der Waals surface area contributed by atoms with E-state index in [1.54, 1.807) is 0 Å². The van der Waals surface area contributed by atoms with Crippen molar-refractivity contribution in [3.8, 4) is 5.75 Å². The third-order valence-corrected chi connectivity index (χ3v) is 4.66. The molecule has 8 heteroatoms. The monoisotopic (exact) mass is 404 g/mol. The first kappa shape index (κ1) is 18.6. The van der Waals surface area contributed by atoms with Gasteiger partial charge in [0.25, 0.3) is 0 Å². The Morgan fingerprint density at radius 2 is 1.90 bits per heavy atom. The minimum atomic E-state index is -3.72. The number of halogens is 4. The Hall–Kier alpha value is -0.400. The fourth-order valence-corrected chi connectivity index (χ4v) is 3.56. The molecular formula is C13H16BrClF2O3S. The normalized spacial score (nSPS) is 14.0. The lowest BCUT2D eigenvalue weighted by Gasteiger charge is -2.29. The predicted octanol–water partition coefficient (Wildman–Crippen LogP) is 4.34. The molecule has 1 aromatic carbocycles. The van der Waals surface area contributed by atoms with Gasteiger partial charge in [0.2, 0.25) is 14.9 Å². The Balaban J connectivity index is 2.92. The molecule has 1 rings (SSSR count). The van der Waals surface area contributed by atoms with Crippen molar-refractivity contribution in [3.05, 3.63) is 28.2 Å². The van der Waals surface area contributed by atoms with Crippen LogP contribution in [0.2, 0.25) is 0 Å². The molecular weight excluding hydrogens is 390 g/mol. The third kappa shape index (κ3) is 6.08. The van der Waals surface area contributed by atoms with Crippen molar-refractivity contribution in [2.24, 2.45) is 11.3 Å². The van der Waals surface area contributed by atoms with Crippen molar-refractivity contribution in [2.45, 2.75) is 20.8 Å². The molecule has 0 aliphatic heterocycles. The van der Waals surface area contributed by atoms with E-state index in [9.17, 15) is 17.2 Å². The van der Waals surface area contributed by atoms with E-state index in [0.717, 1.165) is 6.07 Å². The summed E-state index contributed by atoms with van der Waals surface area (Å²) in [5.41, 5.74) is -0.428. The average Bonchev–Trinajstić information content (AvgIpc) is 2.27. The Kier molecular flexibility index (Phi) is 6.03. The molecule has 0 aliphatic rings. The predicted molar refractivity (Wildman–Crippen MR) is 82.1 cm³/mol. The molecule has 0 amide bonds. The van der Waals surface area contributed by atoms with Gasteiger partial charge in [0.05, 0.1) is 12.4 Å². The molecule has 0 N–H and O–H groups in total. The van der Waals surface area contributed by atoms with Crippen molar-refractivity contribution in [1.29, 1.82) is 0 Å². The van der Waals surface area contributed by atoms with Gasteiger partial charge in [0.15, 0.2) is 11.6 Å². The second kappa shape index (κ2) is 6.79. The van der Waals surface area contributed by atoms with Gasteiger partial charge in [-0.15, -0.1) is 0 Å². The van der Waals surface area contributed by atoms with Crippen molar-refractivity contribution >= 4 is 35.7 Å². The number of ether oxygens (including phenoxy) is 1. The van der Waals surface area contributed by atoms with Crippen molar-refractivity contribution in [3.63, 3.8) is 0 Å². The van der Waals surface area contributed by atoms with E-state index in [1.165, 1.54) is 6.07 Å². The third-order valence-electron chi connectivity index (χ3n) is 3.02. The van der Waals surface area contributed by atoms with Gasteiger partial charge in [-0.3, -0.25) is 0 Å². The summed E-state index contributed by atoms with van der Waals surface area (Å²) in [6.45, 7) is 5.37. The smallest absolute Gasteiger partial charge is 0.233 e. The standard InChI is InChI=1S/C13H16BrClF2O3S/c1-13(2,3)8(7-21(15,18)19)6-20-11-5-9(14)4-10(16)12(11)17/h4-5,8H,6-7H2,1-3H3. The summed E-state index contributed by atoms with van der Waals surface area (Å²) in [7, 11) is 1.55. The first-order chi connectivity index (χ1) is 9.40. The number of rotatable bonds is 5. The van der Waals surface area contributed by atoms with Gasteiger partial charge >= 0.3 is 0 Å². The van der Waals surface area contributed by atoms with Crippen LogP contribution in [0.5, 0.6) is 5.75 Å². The molecule has 1 unspecified atom stereocenters. The minimum Gasteiger partial charge on any atom is -0.490 e. The molecule has 0 aliphatic carbocycles. The number of benzene rings is 1. The van der Waals surface area contributed by atoms with E-state index in [1.807, 2.05) is 20.8 Å². The summed E-state index contributed by atoms with van der Waals surface area (Å²) in [4.78, 5) is 0. The van der Waals surface area contributed by atoms with Crippen LogP contribution in [0.1, 0.15) is 20.8 Å². The molecule has 0 saturated carbocycles. The van der Waals surface area contributed by atoms with Crippen LogP contribution in [0.25, 0.3) is 0 Å². The summed E-state index contributed by atoms with van der Waals surface area (Å²) in [6, 6.07) is 2.26. The van der Waals surface area contributed by atoms with Crippen LogP contribution >= 0.6 is 26.6 Å². The molecule has 1 atom stereocenters. The molecule has 1 aromatic rings. The lowest BCUT2D eigenvalue weighted by molar-refractivity contribution is 0.158. The molecule has 120 valence electrons. The molecule has 0 aromatic heterocycles. The lowest BCUT2D eigenvalue weighted by Crippen LogP contribution is -2.32. The molecule has 0 radical (unpaired) electrons. The van der Waals surface area contributed by atoms with Crippen molar-refractivity contribution in [2.75, 3.05) is 12.4 Å². The van der Waals surface area contributed by atoms with Gasteiger partial charge in [-0.1, -0.05) is 36.7 Å². The zero-order chi connectivity index (χ0) is 16.4. The molecule has 0 spiro atoms. The molecule has 21 heavy (non-hydrogen) atoms. The van der Waals surface area contributed by atoms with Crippen LogP contribution in [0.4, 0.5) is 8.78 Å². The summed E-state index contributed by atoms with van der Waals surface area (Å²) in [5, 5.41) is 0. The van der Waals surface area contributed by atoms with Crippen LogP contribution in [-0.4, -0.2) is 20.8 Å². The van der Waals surface area contributed by atoms with E-state index < -0.39 is 32.0 Å². The van der Waals surface area contributed by atoms with Gasteiger partial charge < -0.3 is 4.74 Å². The van der Waals surface area contributed by atoms with Crippen molar-refractivity contribution in [1.82, 2.24) is 0 Å². The second-order valence-corrected chi connectivity index (χ2v) is 9.52. The van der Waals surface area contributed by atoms with Gasteiger partial charge in [0.1, 0.15) is 0 Å². The maximum Gasteiger partial charge on any atom is 0.233 e. The van der Waals surface area contributed by atoms with E-state index in [2.05, 4.69) is 15.9 Å². The van der Waals surface area contributed by atoms with Gasteiger partial charge in [0, 0.05) is 21.1 Å². The van der Waals surface area contributed by atoms with Crippen LogP contribution in [-0.2, 0) is 9.05 Å². The molecule has 3 nitrogen and oxygen atoms in total. The maximum absolute atomic E-state index is 13.6. The number of hydrogen-bond donors (Lipinski definition) is 0. The van der Waals surface area contributed by atoms with Crippen LogP contribution in [0.3, 0.4) is 0 Å². The molecule has 0 heterocycles. The highest BCUT2D eigenvalue weighted by Gasteiger charge is 2.30. The summed E-state index contributed by atoms with van der Waals surface area (Å²) in [5.74, 6) is -3.21. The first-order valence-electron chi connectivity index (χ1n) is 6.10. The van der Waals surface area contributed by atoms with Crippen LogP contribution in [0, 0.1) is 23.0 Å². The lowest BCUT2D eigenvalue weighted by atomic mass is 9.82. The van der Waals surface area contributed by atoms with Crippen LogP contribution in [0.15, 0.2) is 16.6 Å². The molecule has 0 bridgehead atoms. The zero-order valence-corrected chi connectivity index (χ0v) is 14.9. The van der Waals surface area contributed by atoms with Gasteiger partial charge in [-0.2, -0.15) is 4.39 Å². The summed E-state index contributed by atoms with van der Waals surface area (Å²) < 4.78 is 54.9. The largest absolute Gasteiger partial charge is 0.490 e. The SMILES string of the molecule is CC(C)(C)C(COc1cc(Br)cc(F)c1F)CS(=O)(=O)Cl. The summed E-state index contributed by atoms with van der Waals surface area (Å²) in [6.07, 6.45) is 0. The maximum atomic E-state index is 13.6. The Morgan fingerprint density at radius 3 is 2.38 bits per heavy atom. The quantitative estimate of drug-likeness (QED) is 0.541. The Bertz CT molecular complexity index is 615. The summed E-state index contributed by atoms with van der Waals surface area (Å²) >= 11 is 3.04. The van der Waals surface area contributed by atoms with Crippen molar-refractivity contribution < 1.29 is 21.9 Å². The topological polar surface area (TPSA) is 43.4 Å². The molecule has 0 saturated heterocycles. The van der Waals surface area contributed by atoms with E-state index in [-0.39, 0.29) is 18.1 Å². The highest BCUT2D eigenvalue weighted by Crippen LogP contribution is 2.31. The zero-order valence-electron chi connectivity index (χ0n) is 11.8. The van der Waals surface area contributed by atoms with E-state index in [4.69, 9.17) is 15.4 Å². The highest BCUT2D eigenvalue weighted by molar-refractivity contribution is 9.10. The van der Waals surface area contributed by atoms with Gasteiger partial charge in [-0.25, -0.2) is 12.8 Å². The number of hydrogen-bond acceptors (Lipinski definition) is 3. The fraction of sp³-hybridized carbons (Fsp3) is 0.538. The first-order valence-corrected chi connectivity index (χ1v) is 9.37. The van der Waals surface area contributed by atoms with E-state index >= 15 is 0 Å². The minimum absolute atomic E-state index is 0.0950. The van der Waals surface area contributed by atoms with Crippen LogP contribution < -0.4 is 4.74 Å². The Labute approximate surface area is 136 Å². The fourth-order valence-electron chi connectivity index (χ4n) is 1.62.